The number of nitrogens with zero attached hydrogens (tertiary/aromatic N) is 3. The van der Waals surface area contributed by atoms with Crippen molar-refractivity contribution in [1.29, 1.82) is 0 Å². The van der Waals surface area contributed by atoms with Gasteiger partial charge in [-0.2, -0.15) is 0 Å². The molecule has 1 N–H and O–H groups in total. The van der Waals surface area contributed by atoms with Gasteiger partial charge in [0.1, 0.15) is 16.5 Å². The molecule has 0 unspecified atom stereocenters. The van der Waals surface area contributed by atoms with E-state index in [9.17, 15) is 14.0 Å². The molecular formula is C24H27FN4O2S. The second kappa shape index (κ2) is 9.11. The lowest BCUT2D eigenvalue weighted by atomic mass is 9.97. The molecule has 5 rings (SSSR count). The van der Waals surface area contributed by atoms with E-state index in [4.69, 9.17) is 4.98 Å². The lowest BCUT2D eigenvalue weighted by Crippen LogP contribution is -2.48. The normalized spacial score (nSPS) is 17.0. The molecular weight excluding hydrogens is 427 g/mol. The molecule has 1 fully saturated rings. The van der Waals surface area contributed by atoms with Crippen molar-refractivity contribution < 1.29 is 9.18 Å². The Bertz CT molecular complexity index is 1200. The van der Waals surface area contributed by atoms with Crippen LogP contribution >= 0.6 is 11.3 Å². The number of hydrogen-bond acceptors (Lipinski definition) is 5. The van der Waals surface area contributed by atoms with Crippen molar-refractivity contribution in [2.75, 3.05) is 26.2 Å². The fourth-order valence-corrected chi connectivity index (χ4v) is 6.03. The van der Waals surface area contributed by atoms with Gasteiger partial charge in [0.25, 0.3) is 5.56 Å². The van der Waals surface area contributed by atoms with Gasteiger partial charge in [-0.25, -0.2) is 9.37 Å². The average Bonchev–Trinajstić information content (AvgIpc) is 3.17. The fourth-order valence-electron chi connectivity index (χ4n) is 4.75. The highest BCUT2D eigenvalue weighted by atomic mass is 32.1. The van der Waals surface area contributed by atoms with E-state index >= 15 is 0 Å². The van der Waals surface area contributed by atoms with E-state index in [0.29, 0.717) is 43.9 Å². The average molecular weight is 455 g/mol. The van der Waals surface area contributed by atoms with E-state index in [1.807, 2.05) is 4.90 Å². The Hall–Kier alpha value is -2.58. The SMILES string of the molecule is O=C(CCc1ccccc1F)N1CCN(Cc2nc3sc4c(c3c(=O)[nH]2)CCCC4)CC1. The van der Waals surface area contributed by atoms with Crippen LogP contribution in [0.15, 0.2) is 29.1 Å². The monoisotopic (exact) mass is 454 g/mol. The number of piperazine rings is 1. The highest BCUT2D eigenvalue weighted by Gasteiger charge is 2.23. The van der Waals surface area contributed by atoms with Crippen molar-refractivity contribution in [3.8, 4) is 0 Å². The Balaban J connectivity index is 1.18. The maximum Gasteiger partial charge on any atom is 0.259 e. The summed E-state index contributed by atoms with van der Waals surface area (Å²) in [7, 11) is 0. The van der Waals surface area contributed by atoms with Gasteiger partial charge in [0.05, 0.1) is 11.9 Å². The molecule has 1 aromatic carbocycles. The number of aromatic amines is 1. The second-order valence-electron chi connectivity index (χ2n) is 8.65. The van der Waals surface area contributed by atoms with E-state index in [2.05, 4.69) is 9.88 Å². The number of H-pyrrole nitrogens is 1. The number of thiophene rings is 1. The van der Waals surface area contributed by atoms with Gasteiger partial charge in [-0.3, -0.25) is 14.5 Å². The predicted molar refractivity (Wildman–Crippen MR) is 123 cm³/mol. The van der Waals surface area contributed by atoms with E-state index in [-0.39, 0.29) is 17.3 Å². The molecule has 1 saturated heterocycles. The molecule has 0 saturated carbocycles. The first kappa shape index (κ1) is 21.3. The van der Waals surface area contributed by atoms with Crippen molar-refractivity contribution in [3.63, 3.8) is 0 Å². The van der Waals surface area contributed by atoms with Gasteiger partial charge in [-0.05, 0) is 49.3 Å². The van der Waals surface area contributed by atoms with Crippen LogP contribution in [0.4, 0.5) is 4.39 Å². The van der Waals surface area contributed by atoms with Gasteiger partial charge in [0, 0.05) is 37.5 Å². The number of carbonyl (C=O) groups is 1. The van der Waals surface area contributed by atoms with Gasteiger partial charge in [-0.1, -0.05) is 18.2 Å². The second-order valence-corrected chi connectivity index (χ2v) is 9.74. The van der Waals surface area contributed by atoms with E-state index in [1.165, 1.54) is 22.9 Å². The number of aromatic nitrogens is 2. The molecule has 3 heterocycles. The molecule has 3 aromatic rings. The molecule has 2 aliphatic rings. The summed E-state index contributed by atoms with van der Waals surface area (Å²) >= 11 is 1.67. The molecule has 0 atom stereocenters. The molecule has 6 nitrogen and oxygen atoms in total. The third-order valence-electron chi connectivity index (χ3n) is 6.54. The zero-order valence-electron chi connectivity index (χ0n) is 18.0. The molecule has 0 spiro atoms. The molecule has 0 bridgehead atoms. The lowest BCUT2D eigenvalue weighted by Gasteiger charge is -2.34. The van der Waals surface area contributed by atoms with Crippen LogP contribution in [0.1, 0.15) is 41.1 Å². The van der Waals surface area contributed by atoms with Crippen LogP contribution in [0.5, 0.6) is 0 Å². The van der Waals surface area contributed by atoms with E-state index in [0.717, 1.165) is 42.6 Å². The van der Waals surface area contributed by atoms with E-state index < -0.39 is 0 Å². The maximum atomic E-state index is 13.8. The van der Waals surface area contributed by atoms with Crippen LogP contribution in [0.2, 0.25) is 0 Å². The summed E-state index contributed by atoms with van der Waals surface area (Å²) in [4.78, 5) is 39.3. The zero-order chi connectivity index (χ0) is 22.1. The Labute approximate surface area is 190 Å². The number of nitrogens with one attached hydrogen (secondary N) is 1. The number of hydrogen-bond donors (Lipinski definition) is 1. The minimum absolute atomic E-state index is 0.0219. The number of amides is 1. The number of fused-ring (bicyclic) bond motifs is 3. The largest absolute Gasteiger partial charge is 0.340 e. The smallest absolute Gasteiger partial charge is 0.259 e. The minimum atomic E-state index is -0.254. The number of aryl methyl sites for hydroxylation is 3. The zero-order valence-corrected chi connectivity index (χ0v) is 18.8. The summed E-state index contributed by atoms with van der Waals surface area (Å²) in [5.41, 5.74) is 1.77. The molecule has 8 heteroatoms. The van der Waals surface area contributed by atoms with Crippen molar-refractivity contribution >= 4 is 27.5 Å². The van der Waals surface area contributed by atoms with Crippen molar-refractivity contribution in [3.05, 3.63) is 62.3 Å². The first-order valence-corrected chi connectivity index (χ1v) is 12.2. The number of halogens is 1. The topological polar surface area (TPSA) is 69.3 Å². The lowest BCUT2D eigenvalue weighted by molar-refractivity contribution is -0.133. The summed E-state index contributed by atoms with van der Waals surface area (Å²) in [5, 5.41) is 0.790. The number of rotatable bonds is 5. The molecule has 1 amide bonds. The number of carbonyl (C=O) groups excluding carboxylic acids is 1. The van der Waals surface area contributed by atoms with Gasteiger partial charge < -0.3 is 9.88 Å². The summed E-state index contributed by atoms with van der Waals surface area (Å²) < 4.78 is 13.8. The van der Waals surface area contributed by atoms with Crippen LogP contribution in [0, 0.1) is 5.82 Å². The highest BCUT2D eigenvalue weighted by molar-refractivity contribution is 7.18. The third-order valence-corrected chi connectivity index (χ3v) is 7.72. The van der Waals surface area contributed by atoms with Gasteiger partial charge in [0.15, 0.2) is 0 Å². The Morgan fingerprint density at radius 2 is 1.91 bits per heavy atom. The maximum absolute atomic E-state index is 13.8. The van der Waals surface area contributed by atoms with Crippen molar-refractivity contribution in [2.45, 2.75) is 45.1 Å². The molecule has 168 valence electrons. The Morgan fingerprint density at radius 3 is 2.72 bits per heavy atom. The quantitative estimate of drug-likeness (QED) is 0.643. The standard InChI is InChI=1S/C24H27FN4O2S/c25-18-7-3-1-5-16(18)9-10-21(30)29-13-11-28(12-14-29)15-20-26-23(31)22-17-6-2-4-8-19(17)32-24(22)27-20/h1,3,5,7H,2,4,6,8-15H2,(H,26,27,31). The first-order valence-electron chi connectivity index (χ1n) is 11.4. The molecule has 1 aliphatic carbocycles. The minimum Gasteiger partial charge on any atom is -0.340 e. The highest BCUT2D eigenvalue weighted by Crippen LogP contribution is 2.33. The van der Waals surface area contributed by atoms with Gasteiger partial charge >= 0.3 is 0 Å². The summed E-state index contributed by atoms with van der Waals surface area (Å²) in [6.45, 7) is 3.30. The number of benzene rings is 1. The van der Waals surface area contributed by atoms with Gasteiger partial charge in [0.2, 0.25) is 5.91 Å². The van der Waals surface area contributed by atoms with Crippen molar-refractivity contribution in [2.24, 2.45) is 0 Å². The van der Waals surface area contributed by atoms with Crippen LogP contribution in [0.3, 0.4) is 0 Å². The van der Waals surface area contributed by atoms with Gasteiger partial charge in [-0.15, -0.1) is 11.3 Å². The predicted octanol–water partition coefficient (Wildman–Crippen LogP) is 3.28. The molecule has 1 aliphatic heterocycles. The van der Waals surface area contributed by atoms with Crippen molar-refractivity contribution in [1.82, 2.24) is 19.8 Å². The molecule has 32 heavy (non-hydrogen) atoms. The third kappa shape index (κ3) is 4.34. The first-order chi connectivity index (χ1) is 15.6. The Morgan fingerprint density at radius 1 is 1.12 bits per heavy atom. The van der Waals surface area contributed by atoms with E-state index in [1.54, 1.807) is 29.5 Å². The summed E-state index contributed by atoms with van der Waals surface area (Å²) in [5.74, 6) is 0.501. The van der Waals surface area contributed by atoms with Crippen LogP contribution < -0.4 is 5.56 Å². The van der Waals surface area contributed by atoms with Crippen LogP contribution in [-0.4, -0.2) is 51.9 Å². The summed E-state index contributed by atoms with van der Waals surface area (Å²) in [6.07, 6.45) is 5.10. The fraction of sp³-hybridized carbons (Fsp3) is 0.458. The Kier molecular flexibility index (Phi) is 6.06. The van der Waals surface area contributed by atoms with Crippen LogP contribution in [0.25, 0.3) is 10.2 Å². The van der Waals surface area contributed by atoms with Crippen LogP contribution in [-0.2, 0) is 30.6 Å². The summed E-state index contributed by atoms with van der Waals surface area (Å²) in [6, 6.07) is 6.62. The molecule has 0 radical (unpaired) electrons. The molecule has 2 aromatic heterocycles.